The van der Waals surface area contributed by atoms with E-state index in [1.54, 1.807) is 0 Å². The van der Waals surface area contributed by atoms with Crippen molar-refractivity contribution in [1.82, 2.24) is 20.4 Å². The molecule has 3 aliphatic rings. The normalized spacial score (nSPS) is 23.1. The van der Waals surface area contributed by atoms with Gasteiger partial charge in [0.05, 0.1) is 26.3 Å². The summed E-state index contributed by atoms with van der Waals surface area (Å²) >= 11 is 0. The number of nitrogens with two attached hydrogens (primary N) is 2. The van der Waals surface area contributed by atoms with E-state index in [-0.39, 0.29) is 17.5 Å². The van der Waals surface area contributed by atoms with Gasteiger partial charge < -0.3 is 46.3 Å². The van der Waals surface area contributed by atoms with Crippen LogP contribution in [0.5, 0.6) is 0 Å². The highest BCUT2D eigenvalue weighted by Crippen LogP contribution is 2.49. The van der Waals surface area contributed by atoms with Crippen LogP contribution in [0.25, 0.3) is 0 Å². The zero-order chi connectivity index (χ0) is 49.4. The molecule has 0 saturated carbocycles. The topological polar surface area (TPSA) is 207 Å². The van der Waals surface area contributed by atoms with Gasteiger partial charge in [-0.2, -0.15) is 0 Å². The summed E-state index contributed by atoms with van der Waals surface area (Å²) < 4.78 is 9.70. The Bertz CT molecular complexity index is 2200. The molecule has 6 N–H and O–H groups in total. The molecular formula is C52H71N7O8. The summed E-state index contributed by atoms with van der Waals surface area (Å²) in [6.07, 6.45) is 1.86. The van der Waals surface area contributed by atoms with Crippen molar-refractivity contribution >= 4 is 41.5 Å². The number of hydrogen-bond acceptors (Lipinski definition) is 9. The van der Waals surface area contributed by atoms with Gasteiger partial charge in [0.1, 0.15) is 23.2 Å². The molecule has 3 aromatic carbocycles. The molecule has 6 rings (SSSR count). The van der Waals surface area contributed by atoms with Gasteiger partial charge in [0, 0.05) is 18.8 Å². The molecule has 3 aromatic rings. The first-order valence-electron chi connectivity index (χ1n) is 23.3. The fourth-order valence-electron chi connectivity index (χ4n) is 10.5. The van der Waals surface area contributed by atoms with Crippen LogP contribution in [0.2, 0.25) is 0 Å². The SMILES string of the molecule is COC(=O)N[C@H](C(=O)N1CCC[C@@]1(C(N)=O)c1ccc([C@@H]2CC[C@@H](c3ccc([C@]4(C(N)=O)CCCN4C(=O)[C@@H](NC(=O)OC)C(C)(C)C)cc3)N2c2ccc(C(C)(C)C)cc2)cc1)C(C)(C)C. The number of hydrogen-bond donors (Lipinski definition) is 4. The van der Waals surface area contributed by atoms with Crippen LogP contribution in [0.15, 0.2) is 72.8 Å². The number of likely N-dealkylation sites (tertiary alicyclic amines) is 2. The molecule has 15 nitrogen and oxygen atoms in total. The van der Waals surface area contributed by atoms with Gasteiger partial charge >= 0.3 is 12.2 Å². The summed E-state index contributed by atoms with van der Waals surface area (Å²) in [5.74, 6) is -2.10. The largest absolute Gasteiger partial charge is 0.453 e. The Labute approximate surface area is 395 Å². The van der Waals surface area contributed by atoms with Crippen LogP contribution in [-0.2, 0) is 45.1 Å². The van der Waals surface area contributed by atoms with Crippen molar-refractivity contribution in [1.29, 1.82) is 0 Å². The van der Waals surface area contributed by atoms with Crippen molar-refractivity contribution in [2.45, 2.75) is 141 Å². The third-order valence-electron chi connectivity index (χ3n) is 14.2. The molecule has 3 heterocycles. The third-order valence-corrected chi connectivity index (χ3v) is 14.2. The lowest BCUT2D eigenvalue weighted by atomic mass is 9.82. The predicted octanol–water partition coefficient (Wildman–Crippen LogP) is 7.21. The molecule has 0 radical (unpaired) electrons. The summed E-state index contributed by atoms with van der Waals surface area (Å²) in [7, 11) is 2.48. The number of ether oxygens (including phenoxy) is 2. The maximum Gasteiger partial charge on any atom is 0.407 e. The highest BCUT2D eigenvalue weighted by molar-refractivity contribution is 5.96. The van der Waals surface area contributed by atoms with E-state index in [2.05, 4.69) is 60.6 Å². The van der Waals surface area contributed by atoms with Gasteiger partial charge in [-0.3, -0.25) is 19.2 Å². The third kappa shape index (κ3) is 9.56. The molecular weight excluding hydrogens is 851 g/mol. The number of carbonyl (C=O) groups excluding carboxylic acids is 6. The van der Waals surface area contributed by atoms with Crippen LogP contribution in [0.4, 0.5) is 15.3 Å². The van der Waals surface area contributed by atoms with E-state index in [0.717, 1.165) is 29.7 Å². The van der Waals surface area contributed by atoms with E-state index in [9.17, 15) is 28.8 Å². The van der Waals surface area contributed by atoms with Gasteiger partial charge in [0.15, 0.2) is 0 Å². The quantitative estimate of drug-likeness (QED) is 0.153. The molecule has 6 atom stereocenters. The van der Waals surface area contributed by atoms with Crippen LogP contribution in [0.3, 0.4) is 0 Å². The molecule has 0 aliphatic carbocycles. The minimum Gasteiger partial charge on any atom is -0.453 e. The van der Waals surface area contributed by atoms with Gasteiger partial charge in [-0.05, 0) is 94.7 Å². The highest BCUT2D eigenvalue weighted by atomic mass is 16.5. The summed E-state index contributed by atoms with van der Waals surface area (Å²) in [5.41, 5.74) is 13.6. The average molecular weight is 922 g/mol. The second-order valence-corrected chi connectivity index (χ2v) is 21.6. The zero-order valence-corrected chi connectivity index (χ0v) is 41.2. The summed E-state index contributed by atoms with van der Waals surface area (Å²) in [6, 6.07) is 22.2. The van der Waals surface area contributed by atoms with Crippen molar-refractivity contribution in [3.63, 3.8) is 0 Å². The minimum absolute atomic E-state index is 0.0592. The van der Waals surface area contributed by atoms with E-state index in [1.807, 2.05) is 90.1 Å². The number of amides is 6. The molecule has 67 heavy (non-hydrogen) atoms. The lowest BCUT2D eigenvalue weighted by molar-refractivity contribution is -0.147. The standard InChI is InChI=1S/C52H71N7O8/c1-48(2,3)34-22-24-37(25-23-34)59-38(32-14-18-35(19-15-32)51(44(53)62)28-12-30-57(51)42(60)40(49(4,5)6)55-46(64)66-10)26-27-39(59)33-16-20-36(21-17-33)52(45(54)63)29-13-31-58(52)43(61)41(50(7,8)9)56-47(65)67-11/h14-25,38-41H,12-13,26-31H2,1-11H3,(H2,53,62)(H2,54,63)(H,55,64)(H,56,65)/t38-,39-,40+,41+,51-,52-/m0/s1. The molecule has 0 bridgehead atoms. The number of carbonyl (C=O) groups is 6. The van der Waals surface area contributed by atoms with Crippen LogP contribution >= 0.6 is 0 Å². The molecule has 0 unspecified atom stereocenters. The Morgan fingerprint density at radius 2 is 0.940 bits per heavy atom. The number of nitrogens with one attached hydrogen (secondary N) is 2. The first kappa shape index (κ1) is 50.3. The summed E-state index contributed by atoms with van der Waals surface area (Å²) in [6.45, 7) is 18.2. The first-order chi connectivity index (χ1) is 31.3. The summed E-state index contributed by atoms with van der Waals surface area (Å²) in [5, 5.41) is 5.38. The lowest BCUT2D eigenvalue weighted by Crippen LogP contribution is -2.61. The number of anilines is 1. The van der Waals surface area contributed by atoms with Crippen molar-refractivity contribution in [2.24, 2.45) is 22.3 Å². The predicted molar refractivity (Wildman–Crippen MR) is 256 cm³/mol. The maximum absolute atomic E-state index is 14.4. The molecule has 362 valence electrons. The Morgan fingerprint density at radius 3 is 1.24 bits per heavy atom. The molecule has 3 saturated heterocycles. The van der Waals surface area contributed by atoms with E-state index in [0.29, 0.717) is 49.9 Å². The highest BCUT2D eigenvalue weighted by Gasteiger charge is 2.54. The Hall–Kier alpha value is -6.12. The number of benzene rings is 3. The number of nitrogens with zero attached hydrogens (tertiary/aromatic N) is 3. The Kier molecular flexibility index (Phi) is 14.2. The van der Waals surface area contributed by atoms with Crippen LogP contribution in [0.1, 0.15) is 141 Å². The van der Waals surface area contributed by atoms with E-state index >= 15 is 0 Å². The molecule has 15 heteroatoms. The van der Waals surface area contributed by atoms with Gasteiger partial charge in [-0.1, -0.05) is 123 Å². The molecule has 0 aromatic heterocycles. The summed E-state index contributed by atoms with van der Waals surface area (Å²) in [4.78, 5) is 86.3. The molecule has 6 amide bonds. The van der Waals surface area contributed by atoms with Crippen LogP contribution in [-0.4, -0.2) is 85.0 Å². The Balaban J connectivity index is 1.36. The van der Waals surface area contributed by atoms with Crippen LogP contribution < -0.4 is 27.0 Å². The van der Waals surface area contributed by atoms with Crippen molar-refractivity contribution in [2.75, 3.05) is 32.2 Å². The van der Waals surface area contributed by atoms with Crippen molar-refractivity contribution in [3.05, 3.63) is 101 Å². The fraction of sp³-hybridized carbons (Fsp3) is 0.538. The van der Waals surface area contributed by atoms with Crippen molar-refractivity contribution in [3.8, 4) is 0 Å². The number of primary amides is 2. The van der Waals surface area contributed by atoms with Crippen LogP contribution in [0, 0.1) is 10.8 Å². The minimum atomic E-state index is -1.42. The fourth-order valence-corrected chi connectivity index (χ4v) is 10.5. The van der Waals surface area contributed by atoms with Crippen molar-refractivity contribution < 1.29 is 38.2 Å². The molecule has 3 fully saturated rings. The first-order valence-corrected chi connectivity index (χ1v) is 23.3. The lowest BCUT2D eigenvalue weighted by Gasteiger charge is -2.41. The molecule has 0 spiro atoms. The van der Waals surface area contributed by atoms with E-state index < -0.39 is 69.8 Å². The monoisotopic (exact) mass is 922 g/mol. The second-order valence-electron chi connectivity index (χ2n) is 21.6. The smallest absolute Gasteiger partial charge is 0.407 e. The van der Waals surface area contributed by atoms with Gasteiger partial charge in [0.25, 0.3) is 0 Å². The Morgan fingerprint density at radius 1 is 0.582 bits per heavy atom. The van der Waals surface area contributed by atoms with Gasteiger partial charge in [0.2, 0.25) is 23.6 Å². The van der Waals surface area contributed by atoms with Gasteiger partial charge in [-0.25, -0.2) is 9.59 Å². The van der Waals surface area contributed by atoms with Gasteiger partial charge in [-0.15, -0.1) is 0 Å². The number of rotatable bonds is 11. The molecule has 3 aliphatic heterocycles. The number of alkyl carbamates (subject to hydrolysis) is 2. The number of methoxy groups -OCH3 is 2. The zero-order valence-electron chi connectivity index (χ0n) is 41.2. The maximum atomic E-state index is 14.4. The van der Waals surface area contributed by atoms with E-state index in [1.165, 1.54) is 29.6 Å². The average Bonchev–Trinajstić information content (AvgIpc) is 4.05. The second kappa shape index (κ2) is 18.9. The van der Waals surface area contributed by atoms with E-state index in [4.69, 9.17) is 20.9 Å².